The maximum absolute atomic E-state index is 12.6. The minimum Gasteiger partial charge on any atom is -0.476 e. The molecule has 0 unspecified atom stereocenters. The lowest BCUT2D eigenvalue weighted by Crippen LogP contribution is -2.47. The maximum Gasteiger partial charge on any atom is 0.274 e. The minimum atomic E-state index is -1.04. The van der Waals surface area contributed by atoms with Gasteiger partial charge < -0.3 is 4.74 Å². The molecule has 0 N–H and O–H groups in total. The highest BCUT2D eigenvalue weighted by atomic mass is 16.6. The number of benzene rings is 2. The highest BCUT2D eigenvalue weighted by Crippen LogP contribution is 2.33. The van der Waals surface area contributed by atoms with E-state index in [4.69, 9.17) is 4.74 Å². The van der Waals surface area contributed by atoms with Crippen LogP contribution in [-0.2, 0) is 9.53 Å². The molecule has 0 saturated heterocycles. The average molecular weight is 324 g/mol. The second-order valence-electron chi connectivity index (χ2n) is 5.92. The van der Waals surface area contributed by atoms with Crippen molar-refractivity contribution in [1.82, 2.24) is 0 Å². The van der Waals surface area contributed by atoms with Gasteiger partial charge in [-0.1, -0.05) is 18.2 Å². The van der Waals surface area contributed by atoms with Gasteiger partial charge in [0.15, 0.2) is 5.60 Å². The summed E-state index contributed by atoms with van der Waals surface area (Å²) >= 11 is 0. The summed E-state index contributed by atoms with van der Waals surface area (Å²) in [5.74, 6) is 0.303. The minimum absolute atomic E-state index is 0.00501. The molecule has 0 radical (unpaired) electrons. The van der Waals surface area contributed by atoms with Gasteiger partial charge in [0.25, 0.3) is 11.6 Å². The van der Waals surface area contributed by atoms with Crippen LogP contribution in [0.25, 0.3) is 5.76 Å². The summed E-state index contributed by atoms with van der Waals surface area (Å²) in [5.41, 5.74) is 0.368. The highest BCUT2D eigenvalue weighted by molar-refractivity contribution is 6.03. The monoisotopic (exact) mass is 324 g/mol. The van der Waals surface area contributed by atoms with Gasteiger partial charge in [-0.3, -0.25) is 19.8 Å². The molecule has 0 bridgehead atoms. The maximum atomic E-state index is 12.6. The van der Waals surface area contributed by atoms with Gasteiger partial charge in [0.2, 0.25) is 0 Å². The zero-order valence-electron chi connectivity index (χ0n) is 13.3. The van der Waals surface area contributed by atoms with E-state index < -0.39 is 10.5 Å². The molecule has 24 heavy (non-hydrogen) atoms. The molecule has 1 amide bonds. The van der Waals surface area contributed by atoms with E-state index in [0.717, 1.165) is 5.69 Å². The second kappa shape index (κ2) is 5.81. The van der Waals surface area contributed by atoms with Crippen LogP contribution in [0.5, 0.6) is 0 Å². The molecule has 2 aromatic rings. The number of hydrogen-bond donors (Lipinski definition) is 0. The lowest BCUT2D eigenvalue weighted by Gasteiger charge is -2.36. The van der Waals surface area contributed by atoms with E-state index in [1.54, 1.807) is 37.1 Å². The van der Waals surface area contributed by atoms with Crippen molar-refractivity contribution in [3.8, 4) is 0 Å². The Morgan fingerprint density at radius 1 is 1.04 bits per heavy atom. The van der Waals surface area contributed by atoms with Crippen LogP contribution in [0.15, 0.2) is 60.8 Å². The van der Waals surface area contributed by atoms with E-state index in [1.165, 1.54) is 12.1 Å². The van der Waals surface area contributed by atoms with Crippen LogP contribution in [0.3, 0.4) is 0 Å². The number of hydrogen-bond acceptors (Lipinski definition) is 4. The summed E-state index contributed by atoms with van der Waals surface area (Å²) in [4.78, 5) is 24.5. The molecule has 0 spiro atoms. The van der Waals surface area contributed by atoms with Gasteiger partial charge >= 0.3 is 0 Å². The molecule has 6 nitrogen and oxygen atoms in total. The van der Waals surface area contributed by atoms with Crippen molar-refractivity contribution in [2.75, 3.05) is 4.90 Å². The van der Waals surface area contributed by atoms with Crippen LogP contribution in [0.2, 0.25) is 0 Å². The van der Waals surface area contributed by atoms with Gasteiger partial charge in [-0.05, 0) is 38.1 Å². The molecule has 0 aliphatic carbocycles. The Morgan fingerprint density at radius 2 is 1.67 bits per heavy atom. The Bertz CT molecular complexity index is 811. The quantitative estimate of drug-likeness (QED) is 0.637. The van der Waals surface area contributed by atoms with E-state index in [2.05, 4.69) is 0 Å². The first-order valence-electron chi connectivity index (χ1n) is 7.43. The van der Waals surface area contributed by atoms with Gasteiger partial charge in [-0.15, -0.1) is 0 Å². The van der Waals surface area contributed by atoms with Crippen LogP contribution < -0.4 is 4.90 Å². The first-order valence-corrected chi connectivity index (χ1v) is 7.43. The molecular formula is C18H16N2O4. The lowest BCUT2D eigenvalue weighted by atomic mass is 10.0. The Morgan fingerprint density at radius 3 is 2.25 bits per heavy atom. The van der Waals surface area contributed by atoms with Gasteiger partial charge in [-0.25, -0.2) is 0 Å². The molecule has 0 aromatic heterocycles. The molecule has 3 rings (SSSR count). The molecule has 0 atom stereocenters. The van der Waals surface area contributed by atoms with Gasteiger partial charge in [0.05, 0.1) is 11.1 Å². The predicted molar refractivity (Wildman–Crippen MR) is 90.2 cm³/mol. The SMILES string of the molecule is CC1(C)OC(c2ccc([N+](=O)[O-])cc2)=CN(c2ccccc2)C1=O. The summed E-state index contributed by atoms with van der Waals surface area (Å²) < 4.78 is 5.82. The third-order valence-electron chi connectivity index (χ3n) is 3.74. The number of rotatable bonds is 3. The summed E-state index contributed by atoms with van der Waals surface area (Å²) in [7, 11) is 0. The number of nitrogens with zero attached hydrogens (tertiary/aromatic N) is 2. The summed E-state index contributed by atoms with van der Waals surface area (Å²) in [5, 5.41) is 10.8. The van der Waals surface area contributed by atoms with Crippen LogP contribution in [-0.4, -0.2) is 16.4 Å². The molecule has 0 fully saturated rings. The van der Waals surface area contributed by atoms with Crippen molar-refractivity contribution in [2.45, 2.75) is 19.4 Å². The zero-order valence-corrected chi connectivity index (χ0v) is 13.3. The average Bonchev–Trinajstić information content (AvgIpc) is 2.58. The molecular weight excluding hydrogens is 308 g/mol. The van der Waals surface area contributed by atoms with E-state index in [0.29, 0.717) is 11.3 Å². The Labute approximate surface area is 139 Å². The van der Waals surface area contributed by atoms with Crippen molar-refractivity contribution < 1.29 is 14.5 Å². The number of nitro benzene ring substituents is 1. The van der Waals surface area contributed by atoms with Crippen LogP contribution in [0.1, 0.15) is 19.4 Å². The van der Waals surface area contributed by atoms with Crippen LogP contribution in [0.4, 0.5) is 11.4 Å². The normalized spacial score (nSPS) is 16.3. The van der Waals surface area contributed by atoms with Crippen molar-refractivity contribution in [1.29, 1.82) is 0 Å². The number of anilines is 1. The topological polar surface area (TPSA) is 72.7 Å². The fourth-order valence-corrected chi connectivity index (χ4v) is 2.47. The van der Waals surface area contributed by atoms with Crippen molar-refractivity contribution in [3.05, 3.63) is 76.5 Å². The van der Waals surface area contributed by atoms with Crippen molar-refractivity contribution in [2.24, 2.45) is 0 Å². The van der Waals surface area contributed by atoms with E-state index in [1.807, 2.05) is 30.3 Å². The molecule has 1 aliphatic heterocycles. The van der Waals surface area contributed by atoms with E-state index >= 15 is 0 Å². The first kappa shape index (κ1) is 15.7. The fraction of sp³-hybridized carbons (Fsp3) is 0.167. The van der Waals surface area contributed by atoms with Crippen molar-refractivity contribution >= 4 is 23.0 Å². The summed E-state index contributed by atoms with van der Waals surface area (Å²) in [6, 6.07) is 15.3. The molecule has 6 heteroatoms. The highest BCUT2D eigenvalue weighted by Gasteiger charge is 2.39. The molecule has 0 saturated carbocycles. The molecule has 122 valence electrons. The number of ether oxygens (including phenoxy) is 1. The number of amides is 1. The van der Waals surface area contributed by atoms with E-state index in [-0.39, 0.29) is 11.6 Å². The van der Waals surface area contributed by atoms with E-state index in [9.17, 15) is 14.9 Å². The third kappa shape index (κ3) is 2.86. The molecule has 2 aromatic carbocycles. The number of para-hydroxylation sites is 1. The fourth-order valence-electron chi connectivity index (χ4n) is 2.47. The van der Waals surface area contributed by atoms with Crippen molar-refractivity contribution in [3.63, 3.8) is 0 Å². The van der Waals surface area contributed by atoms with Gasteiger partial charge in [-0.2, -0.15) is 0 Å². The Kier molecular flexibility index (Phi) is 3.81. The third-order valence-corrected chi connectivity index (χ3v) is 3.74. The predicted octanol–water partition coefficient (Wildman–Crippen LogP) is 3.74. The smallest absolute Gasteiger partial charge is 0.274 e. The second-order valence-corrected chi connectivity index (χ2v) is 5.92. The number of non-ortho nitro benzene ring substituents is 1. The van der Waals surface area contributed by atoms with Gasteiger partial charge in [0, 0.05) is 23.4 Å². The number of nitro groups is 1. The van der Waals surface area contributed by atoms with Crippen LogP contribution in [0, 0.1) is 10.1 Å². The first-order chi connectivity index (χ1) is 11.4. The number of carbonyl (C=O) groups excluding carboxylic acids is 1. The molecule has 1 heterocycles. The van der Waals surface area contributed by atoms with Gasteiger partial charge in [0.1, 0.15) is 5.76 Å². The summed E-state index contributed by atoms with van der Waals surface area (Å²) in [6.07, 6.45) is 1.62. The van der Waals surface area contributed by atoms with Crippen LogP contribution >= 0.6 is 0 Å². The standard InChI is InChI=1S/C18H16N2O4/c1-18(2)17(21)19(14-6-4-3-5-7-14)12-16(24-18)13-8-10-15(11-9-13)20(22)23/h3-12H,1-2H3. The zero-order chi connectivity index (χ0) is 17.3. The Hall–Kier alpha value is -3.15. The molecule has 1 aliphatic rings. The summed E-state index contributed by atoms with van der Waals surface area (Å²) in [6.45, 7) is 3.40. The number of carbonyl (C=O) groups is 1. The Balaban J connectivity index is 2.03. The lowest BCUT2D eigenvalue weighted by molar-refractivity contribution is -0.384. The largest absolute Gasteiger partial charge is 0.476 e.